The van der Waals surface area contributed by atoms with Gasteiger partial charge in [-0.2, -0.15) is 0 Å². The quantitative estimate of drug-likeness (QED) is 0.819. The Morgan fingerprint density at radius 1 is 1.17 bits per heavy atom. The highest BCUT2D eigenvalue weighted by molar-refractivity contribution is 8.18. The number of benzene rings is 2. The molecule has 122 valence electrons. The van der Waals surface area contributed by atoms with Gasteiger partial charge in [0.15, 0.2) is 0 Å². The predicted octanol–water partition coefficient (Wildman–Crippen LogP) is 4.38. The number of nitrogens with one attached hydrogen (secondary N) is 1. The maximum Gasteiger partial charge on any atom is 0.290 e. The summed E-state index contributed by atoms with van der Waals surface area (Å²) in [5.41, 5.74) is 1.04. The van der Waals surface area contributed by atoms with Crippen molar-refractivity contribution in [3.8, 4) is 5.75 Å². The first-order chi connectivity index (χ1) is 11.5. The third-order valence-electron chi connectivity index (χ3n) is 3.26. The molecule has 0 aliphatic carbocycles. The SMILES string of the molecule is O=C1NC(=O)/C(=C\c2ccc(OCc3c(F)cccc3Cl)cc2)S1. The first-order valence-electron chi connectivity index (χ1n) is 6.93. The topological polar surface area (TPSA) is 55.4 Å². The van der Waals surface area contributed by atoms with Crippen LogP contribution in [-0.2, 0) is 11.4 Å². The van der Waals surface area contributed by atoms with Crippen LogP contribution in [0.4, 0.5) is 9.18 Å². The molecule has 0 aromatic heterocycles. The zero-order valence-electron chi connectivity index (χ0n) is 12.2. The minimum absolute atomic E-state index is 0.0126. The minimum Gasteiger partial charge on any atom is -0.489 e. The van der Waals surface area contributed by atoms with Crippen LogP contribution >= 0.6 is 23.4 Å². The number of carbonyl (C=O) groups excluding carboxylic acids is 2. The Morgan fingerprint density at radius 2 is 1.92 bits per heavy atom. The molecule has 1 aliphatic heterocycles. The third kappa shape index (κ3) is 3.77. The summed E-state index contributed by atoms with van der Waals surface area (Å²) in [4.78, 5) is 22.9. The van der Waals surface area contributed by atoms with Gasteiger partial charge in [0.05, 0.1) is 9.93 Å². The molecule has 1 fully saturated rings. The Kier molecular flexibility index (Phi) is 4.87. The van der Waals surface area contributed by atoms with Crippen LogP contribution < -0.4 is 10.1 Å². The van der Waals surface area contributed by atoms with Gasteiger partial charge in [-0.3, -0.25) is 14.9 Å². The van der Waals surface area contributed by atoms with E-state index in [1.165, 1.54) is 12.1 Å². The van der Waals surface area contributed by atoms with Crippen molar-refractivity contribution in [1.82, 2.24) is 5.32 Å². The van der Waals surface area contributed by atoms with E-state index < -0.39 is 11.7 Å². The molecular weight excluding hydrogens is 353 g/mol. The second-order valence-electron chi connectivity index (χ2n) is 4.91. The van der Waals surface area contributed by atoms with Gasteiger partial charge in [-0.25, -0.2) is 4.39 Å². The monoisotopic (exact) mass is 363 g/mol. The van der Waals surface area contributed by atoms with Gasteiger partial charge in [-0.05, 0) is 47.7 Å². The number of hydrogen-bond donors (Lipinski definition) is 1. The van der Waals surface area contributed by atoms with E-state index in [0.29, 0.717) is 21.2 Å². The van der Waals surface area contributed by atoms with Crippen LogP contribution in [0.1, 0.15) is 11.1 Å². The van der Waals surface area contributed by atoms with Crippen molar-refractivity contribution >= 4 is 40.6 Å². The summed E-state index contributed by atoms with van der Waals surface area (Å²) >= 11 is 6.80. The molecule has 2 amide bonds. The Labute approximate surface area is 146 Å². The van der Waals surface area contributed by atoms with Gasteiger partial charge in [-0.1, -0.05) is 29.8 Å². The van der Waals surface area contributed by atoms with Crippen LogP contribution in [0.2, 0.25) is 5.02 Å². The number of thioether (sulfide) groups is 1. The summed E-state index contributed by atoms with van der Waals surface area (Å²) in [6.07, 6.45) is 1.61. The van der Waals surface area contributed by atoms with Crippen LogP contribution in [0, 0.1) is 5.82 Å². The van der Waals surface area contributed by atoms with Gasteiger partial charge >= 0.3 is 0 Å². The molecule has 4 nitrogen and oxygen atoms in total. The molecule has 0 radical (unpaired) electrons. The van der Waals surface area contributed by atoms with Crippen molar-refractivity contribution in [3.05, 3.63) is 69.3 Å². The van der Waals surface area contributed by atoms with Crippen LogP contribution in [0.3, 0.4) is 0 Å². The van der Waals surface area contributed by atoms with Gasteiger partial charge in [0.1, 0.15) is 18.2 Å². The highest BCUT2D eigenvalue weighted by atomic mass is 35.5. The Morgan fingerprint density at radius 3 is 2.54 bits per heavy atom. The zero-order valence-corrected chi connectivity index (χ0v) is 13.8. The number of rotatable bonds is 4. The third-order valence-corrected chi connectivity index (χ3v) is 4.43. The Balaban J connectivity index is 1.68. The van der Waals surface area contributed by atoms with Crippen LogP contribution in [0.5, 0.6) is 5.75 Å². The maximum atomic E-state index is 13.7. The fraction of sp³-hybridized carbons (Fsp3) is 0.0588. The molecule has 2 aromatic carbocycles. The molecule has 0 bridgehead atoms. The lowest BCUT2D eigenvalue weighted by Crippen LogP contribution is -2.17. The summed E-state index contributed by atoms with van der Waals surface area (Å²) in [7, 11) is 0. The second kappa shape index (κ2) is 7.07. The van der Waals surface area contributed by atoms with Crippen molar-refractivity contribution in [1.29, 1.82) is 0 Å². The number of ether oxygens (including phenoxy) is 1. The molecule has 1 heterocycles. The van der Waals surface area contributed by atoms with E-state index >= 15 is 0 Å². The van der Waals surface area contributed by atoms with E-state index in [1.54, 1.807) is 36.4 Å². The molecule has 3 rings (SSSR count). The number of halogens is 2. The smallest absolute Gasteiger partial charge is 0.290 e. The molecule has 0 spiro atoms. The summed E-state index contributed by atoms with van der Waals surface area (Å²) in [5, 5.41) is 2.12. The standard InChI is InChI=1S/C17H11ClFNO3S/c18-13-2-1-3-14(19)12(13)9-23-11-6-4-10(5-7-11)8-15-16(21)20-17(22)24-15/h1-8H,9H2,(H,20,21,22)/b15-8+. The fourth-order valence-corrected chi connectivity index (χ4v) is 2.96. The highest BCUT2D eigenvalue weighted by Gasteiger charge is 2.24. The summed E-state index contributed by atoms with van der Waals surface area (Å²) in [5.74, 6) is -0.284. The number of hydrogen-bond acceptors (Lipinski definition) is 4. The van der Waals surface area contributed by atoms with Crippen molar-refractivity contribution in [2.75, 3.05) is 0 Å². The average molecular weight is 364 g/mol. The normalized spacial score (nSPS) is 15.7. The lowest BCUT2D eigenvalue weighted by atomic mass is 10.2. The fourth-order valence-electron chi connectivity index (χ4n) is 2.06. The largest absolute Gasteiger partial charge is 0.489 e. The molecule has 0 unspecified atom stereocenters. The molecule has 0 atom stereocenters. The summed E-state index contributed by atoms with van der Waals surface area (Å²) in [6, 6.07) is 11.3. The molecule has 1 aliphatic rings. The molecule has 2 aromatic rings. The molecule has 1 N–H and O–H groups in total. The highest BCUT2D eigenvalue weighted by Crippen LogP contribution is 2.26. The predicted molar refractivity (Wildman–Crippen MR) is 91.3 cm³/mol. The van der Waals surface area contributed by atoms with Crippen LogP contribution in [0.25, 0.3) is 6.08 Å². The van der Waals surface area contributed by atoms with Crippen molar-refractivity contribution in [2.24, 2.45) is 0 Å². The van der Waals surface area contributed by atoms with E-state index in [0.717, 1.165) is 17.3 Å². The van der Waals surface area contributed by atoms with Crippen molar-refractivity contribution in [3.63, 3.8) is 0 Å². The van der Waals surface area contributed by atoms with E-state index in [9.17, 15) is 14.0 Å². The number of amides is 2. The Hall–Kier alpha value is -2.31. The summed E-state index contributed by atoms with van der Waals surface area (Å²) < 4.78 is 19.2. The zero-order chi connectivity index (χ0) is 17.1. The van der Waals surface area contributed by atoms with Gasteiger partial charge in [-0.15, -0.1) is 0 Å². The van der Waals surface area contributed by atoms with E-state index in [4.69, 9.17) is 16.3 Å². The van der Waals surface area contributed by atoms with Gasteiger partial charge < -0.3 is 4.74 Å². The van der Waals surface area contributed by atoms with Gasteiger partial charge in [0.25, 0.3) is 11.1 Å². The van der Waals surface area contributed by atoms with Crippen molar-refractivity contribution in [2.45, 2.75) is 6.61 Å². The van der Waals surface area contributed by atoms with Crippen LogP contribution in [0.15, 0.2) is 47.4 Å². The molecule has 24 heavy (non-hydrogen) atoms. The van der Waals surface area contributed by atoms with E-state index in [1.807, 2.05) is 0 Å². The molecule has 1 saturated heterocycles. The first-order valence-corrected chi connectivity index (χ1v) is 8.13. The van der Waals surface area contributed by atoms with E-state index in [2.05, 4.69) is 5.32 Å². The lowest BCUT2D eigenvalue weighted by Gasteiger charge is -2.09. The average Bonchev–Trinajstić information content (AvgIpc) is 2.86. The second-order valence-corrected chi connectivity index (χ2v) is 6.33. The molecule has 7 heteroatoms. The lowest BCUT2D eigenvalue weighted by molar-refractivity contribution is -0.115. The maximum absolute atomic E-state index is 13.7. The van der Waals surface area contributed by atoms with E-state index in [-0.39, 0.29) is 11.8 Å². The number of imide groups is 1. The number of carbonyl (C=O) groups is 2. The molecular formula is C17H11ClFNO3S. The van der Waals surface area contributed by atoms with Gasteiger partial charge in [0.2, 0.25) is 0 Å². The van der Waals surface area contributed by atoms with Gasteiger partial charge in [0, 0.05) is 5.56 Å². The Bertz CT molecular complexity index is 816. The van der Waals surface area contributed by atoms with Crippen molar-refractivity contribution < 1.29 is 18.7 Å². The van der Waals surface area contributed by atoms with Crippen LogP contribution in [-0.4, -0.2) is 11.1 Å². The first kappa shape index (κ1) is 16.5. The minimum atomic E-state index is -0.419. The summed E-state index contributed by atoms with van der Waals surface area (Å²) in [6.45, 7) is 0.0126. The molecule has 0 saturated carbocycles.